The number of aliphatic hydroxyl groups excluding tert-OH is 1. The standard InChI is InChI=1S/C30H56O2/c1-4-7-8-9-23-10-12-25(13-11-23)22-32-28-15-17-30(27(6-3)21-28)29-16-14-24(18-19-31)20-26(29)5-2/h23-31H,4-22H2,1-3H3. The molecule has 0 aromatic carbocycles. The lowest BCUT2D eigenvalue weighted by Crippen LogP contribution is -2.39. The highest BCUT2D eigenvalue weighted by Gasteiger charge is 2.40. The smallest absolute Gasteiger partial charge is 0.0578 e. The van der Waals surface area contributed by atoms with Crippen LogP contribution < -0.4 is 0 Å². The molecule has 3 aliphatic carbocycles. The molecule has 0 aromatic rings. The van der Waals surface area contributed by atoms with Gasteiger partial charge in [0.1, 0.15) is 0 Å². The second-order valence-electron chi connectivity index (χ2n) is 12.0. The first-order valence-electron chi connectivity index (χ1n) is 14.9. The number of rotatable bonds is 12. The number of aliphatic hydroxyl groups is 1. The van der Waals surface area contributed by atoms with Crippen molar-refractivity contribution in [2.45, 2.75) is 136 Å². The second-order valence-corrected chi connectivity index (χ2v) is 12.0. The molecule has 0 bridgehead atoms. The van der Waals surface area contributed by atoms with Crippen LogP contribution in [0.4, 0.5) is 0 Å². The number of unbranched alkanes of at least 4 members (excludes halogenated alkanes) is 2. The first-order valence-corrected chi connectivity index (χ1v) is 14.9. The Morgan fingerprint density at radius 2 is 1.28 bits per heavy atom. The Hall–Kier alpha value is -0.0800. The minimum atomic E-state index is 0.381. The van der Waals surface area contributed by atoms with Gasteiger partial charge in [0.25, 0.3) is 0 Å². The molecule has 0 aliphatic heterocycles. The average molecular weight is 449 g/mol. The molecular formula is C30H56O2. The van der Waals surface area contributed by atoms with E-state index in [0.717, 1.165) is 54.5 Å². The van der Waals surface area contributed by atoms with Gasteiger partial charge in [-0.1, -0.05) is 78.6 Å². The van der Waals surface area contributed by atoms with Gasteiger partial charge in [0.2, 0.25) is 0 Å². The lowest BCUT2D eigenvalue weighted by atomic mass is 9.60. The van der Waals surface area contributed by atoms with Gasteiger partial charge < -0.3 is 9.84 Å². The maximum atomic E-state index is 9.39. The van der Waals surface area contributed by atoms with Crippen LogP contribution in [-0.4, -0.2) is 24.4 Å². The molecule has 3 saturated carbocycles. The predicted molar refractivity (Wildman–Crippen MR) is 137 cm³/mol. The fourth-order valence-corrected chi connectivity index (χ4v) is 7.93. The van der Waals surface area contributed by atoms with E-state index in [9.17, 15) is 5.11 Å². The van der Waals surface area contributed by atoms with E-state index in [1.54, 1.807) is 0 Å². The Kier molecular flexibility index (Phi) is 11.9. The third kappa shape index (κ3) is 7.72. The molecule has 0 aromatic heterocycles. The highest BCUT2D eigenvalue weighted by atomic mass is 16.5. The van der Waals surface area contributed by atoms with Crippen molar-refractivity contribution in [2.24, 2.45) is 41.4 Å². The second kappa shape index (κ2) is 14.3. The zero-order valence-electron chi connectivity index (χ0n) is 21.9. The predicted octanol–water partition coefficient (Wildman–Crippen LogP) is 8.41. The van der Waals surface area contributed by atoms with Crippen molar-refractivity contribution in [3.05, 3.63) is 0 Å². The number of ether oxygens (including phenoxy) is 1. The molecule has 0 spiro atoms. The van der Waals surface area contributed by atoms with Crippen molar-refractivity contribution < 1.29 is 9.84 Å². The normalized spacial score (nSPS) is 38.6. The molecule has 3 aliphatic rings. The van der Waals surface area contributed by atoms with Crippen molar-refractivity contribution in [3.63, 3.8) is 0 Å². The van der Waals surface area contributed by atoms with Crippen LogP contribution in [0.2, 0.25) is 0 Å². The third-order valence-corrected chi connectivity index (χ3v) is 10.0. The van der Waals surface area contributed by atoms with Crippen LogP contribution in [0, 0.1) is 41.4 Å². The average Bonchev–Trinajstić information content (AvgIpc) is 2.83. The van der Waals surface area contributed by atoms with Gasteiger partial charge in [0.15, 0.2) is 0 Å². The van der Waals surface area contributed by atoms with E-state index in [1.165, 1.54) is 103 Å². The van der Waals surface area contributed by atoms with Gasteiger partial charge in [-0.05, 0) is 92.8 Å². The zero-order chi connectivity index (χ0) is 22.8. The first kappa shape index (κ1) is 26.5. The first-order chi connectivity index (χ1) is 15.7. The molecule has 188 valence electrons. The van der Waals surface area contributed by atoms with Gasteiger partial charge in [-0.3, -0.25) is 0 Å². The highest BCUT2D eigenvalue weighted by molar-refractivity contribution is 4.90. The van der Waals surface area contributed by atoms with Crippen LogP contribution in [0.5, 0.6) is 0 Å². The molecule has 6 atom stereocenters. The number of hydrogen-bond donors (Lipinski definition) is 1. The van der Waals surface area contributed by atoms with Crippen molar-refractivity contribution in [3.8, 4) is 0 Å². The van der Waals surface area contributed by atoms with Crippen LogP contribution in [-0.2, 0) is 4.74 Å². The maximum absolute atomic E-state index is 9.39. The van der Waals surface area contributed by atoms with Gasteiger partial charge in [0, 0.05) is 13.2 Å². The van der Waals surface area contributed by atoms with E-state index >= 15 is 0 Å². The van der Waals surface area contributed by atoms with Crippen molar-refractivity contribution in [2.75, 3.05) is 13.2 Å². The summed E-state index contributed by atoms with van der Waals surface area (Å²) in [4.78, 5) is 0. The van der Waals surface area contributed by atoms with E-state index in [2.05, 4.69) is 20.8 Å². The summed E-state index contributed by atoms with van der Waals surface area (Å²) in [7, 11) is 0. The molecule has 2 heteroatoms. The lowest BCUT2D eigenvalue weighted by Gasteiger charge is -2.46. The van der Waals surface area contributed by atoms with Gasteiger partial charge in [-0.15, -0.1) is 0 Å². The minimum absolute atomic E-state index is 0.381. The zero-order valence-corrected chi connectivity index (χ0v) is 21.9. The summed E-state index contributed by atoms with van der Waals surface area (Å²) in [5, 5.41) is 9.39. The van der Waals surface area contributed by atoms with Gasteiger partial charge in [-0.2, -0.15) is 0 Å². The fourth-order valence-electron chi connectivity index (χ4n) is 7.93. The summed E-state index contributed by atoms with van der Waals surface area (Å²) in [6.45, 7) is 8.58. The van der Waals surface area contributed by atoms with Gasteiger partial charge in [0.05, 0.1) is 6.10 Å². The fraction of sp³-hybridized carbons (Fsp3) is 1.00. The Morgan fingerprint density at radius 1 is 0.656 bits per heavy atom. The van der Waals surface area contributed by atoms with Crippen LogP contribution >= 0.6 is 0 Å². The Bertz CT molecular complexity index is 483. The Morgan fingerprint density at radius 3 is 1.94 bits per heavy atom. The topological polar surface area (TPSA) is 29.5 Å². The molecule has 3 rings (SSSR count). The van der Waals surface area contributed by atoms with Crippen molar-refractivity contribution >= 4 is 0 Å². The van der Waals surface area contributed by atoms with Crippen LogP contribution in [0.15, 0.2) is 0 Å². The van der Waals surface area contributed by atoms with Crippen molar-refractivity contribution in [1.82, 2.24) is 0 Å². The van der Waals surface area contributed by atoms with Crippen LogP contribution in [0.1, 0.15) is 130 Å². The van der Waals surface area contributed by atoms with E-state index in [0.29, 0.717) is 12.7 Å². The minimum Gasteiger partial charge on any atom is -0.396 e. The largest absolute Gasteiger partial charge is 0.396 e. The molecule has 0 radical (unpaired) electrons. The molecule has 0 saturated heterocycles. The summed E-state index contributed by atoms with van der Waals surface area (Å²) < 4.78 is 6.60. The molecule has 6 unspecified atom stereocenters. The van der Waals surface area contributed by atoms with Gasteiger partial charge >= 0.3 is 0 Å². The molecular weight excluding hydrogens is 392 g/mol. The maximum Gasteiger partial charge on any atom is 0.0578 e. The molecule has 32 heavy (non-hydrogen) atoms. The van der Waals surface area contributed by atoms with E-state index < -0.39 is 0 Å². The SMILES string of the molecule is CCCCCC1CCC(COC2CCC(C3CCC(CCO)CC3CC)C(CC)C2)CC1. The summed E-state index contributed by atoms with van der Waals surface area (Å²) in [5.41, 5.74) is 0. The van der Waals surface area contributed by atoms with E-state index in [-0.39, 0.29) is 0 Å². The van der Waals surface area contributed by atoms with E-state index in [1.807, 2.05) is 0 Å². The van der Waals surface area contributed by atoms with Crippen LogP contribution in [0.25, 0.3) is 0 Å². The monoisotopic (exact) mass is 448 g/mol. The molecule has 1 N–H and O–H groups in total. The van der Waals surface area contributed by atoms with E-state index in [4.69, 9.17) is 4.74 Å². The summed E-state index contributed by atoms with van der Waals surface area (Å²) in [6.07, 6.45) is 23.9. The molecule has 0 heterocycles. The quantitative estimate of drug-likeness (QED) is 0.304. The molecule has 0 amide bonds. The molecule has 3 fully saturated rings. The third-order valence-electron chi connectivity index (χ3n) is 10.0. The number of hydrogen-bond acceptors (Lipinski definition) is 2. The summed E-state index contributed by atoms with van der Waals surface area (Å²) >= 11 is 0. The Labute approximate surface area is 200 Å². The summed E-state index contributed by atoms with van der Waals surface area (Å²) in [5.74, 6) is 6.25. The van der Waals surface area contributed by atoms with Crippen molar-refractivity contribution in [1.29, 1.82) is 0 Å². The lowest BCUT2D eigenvalue weighted by molar-refractivity contribution is -0.0462. The summed E-state index contributed by atoms with van der Waals surface area (Å²) in [6, 6.07) is 0. The Balaban J connectivity index is 1.40. The highest BCUT2D eigenvalue weighted by Crippen LogP contribution is 2.48. The molecule has 2 nitrogen and oxygen atoms in total. The van der Waals surface area contributed by atoms with Crippen LogP contribution in [0.3, 0.4) is 0 Å². The van der Waals surface area contributed by atoms with Gasteiger partial charge in [-0.25, -0.2) is 0 Å².